The summed E-state index contributed by atoms with van der Waals surface area (Å²) >= 11 is 1.76. The Bertz CT molecular complexity index is 715. The van der Waals surface area contributed by atoms with Crippen molar-refractivity contribution in [3.05, 3.63) is 51.7 Å². The monoisotopic (exact) mass is 490 g/mol. The topological polar surface area (TPSA) is 49.3 Å². The molecule has 1 heterocycles. The van der Waals surface area contributed by atoms with Crippen LogP contribution >= 0.6 is 35.3 Å². The van der Waals surface area contributed by atoms with Crippen LogP contribution in [-0.4, -0.2) is 31.1 Å². The van der Waals surface area contributed by atoms with Crippen LogP contribution in [0, 0.1) is 5.82 Å². The number of hydrogen-bond donors (Lipinski definition) is 2. The largest absolute Gasteiger partial charge is 0.356 e. The van der Waals surface area contributed by atoms with Gasteiger partial charge in [-0.1, -0.05) is 39.0 Å². The van der Waals surface area contributed by atoms with Crippen LogP contribution < -0.4 is 10.6 Å². The van der Waals surface area contributed by atoms with Crippen LogP contribution in [0.15, 0.2) is 35.5 Å². The van der Waals surface area contributed by atoms with E-state index in [-0.39, 0.29) is 35.2 Å². The van der Waals surface area contributed by atoms with Gasteiger partial charge in [0.2, 0.25) is 0 Å². The quantitative estimate of drug-likeness (QED) is 0.349. The molecule has 26 heavy (non-hydrogen) atoms. The Hall–Kier alpha value is -1.22. The molecule has 4 nitrogen and oxygen atoms in total. The molecule has 1 aromatic heterocycles. The Kier molecular flexibility index (Phi) is 9.49. The minimum Gasteiger partial charge on any atom is -0.356 e. The van der Waals surface area contributed by atoms with Gasteiger partial charge in [0.25, 0.3) is 0 Å². The summed E-state index contributed by atoms with van der Waals surface area (Å²) in [7, 11) is 1.74. The molecule has 0 radical (unpaired) electrons. The molecule has 0 aliphatic carbocycles. The van der Waals surface area contributed by atoms with Crippen molar-refractivity contribution in [3.63, 3.8) is 0 Å². The normalized spacial score (nSPS) is 11.8. The minimum atomic E-state index is -0.339. The van der Waals surface area contributed by atoms with E-state index < -0.39 is 0 Å². The van der Waals surface area contributed by atoms with Gasteiger partial charge in [-0.05, 0) is 18.1 Å². The average molecular weight is 490 g/mol. The van der Waals surface area contributed by atoms with Crippen LogP contribution in [0.4, 0.5) is 4.39 Å². The number of aliphatic imine (C=N–C) groups is 1. The highest BCUT2D eigenvalue weighted by molar-refractivity contribution is 14.0. The molecule has 2 aromatic rings. The molecule has 2 N–H and O–H groups in total. The van der Waals surface area contributed by atoms with Crippen molar-refractivity contribution >= 4 is 41.3 Å². The molecule has 0 aliphatic rings. The molecule has 0 amide bonds. The van der Waals surface area contributed by atoms with E-state index in [1.54, 1.807) is 24.5 Å². The molecule has 0 spiro atoms. The zero-order valence-corrected chi connectivity index (χ0v) is 19.0. The number of aromatic nitrogens is 1. The molecule has 0 bridgehead atoms. The second-order valence-corrected chi connectivity index (χ2v) is 7.74. The van der Waals surface area contributed by atoms with Crippen LogP contribution in [0.25, 0.3) is 0 Å². The van der Waals surface area contributed by atoms with Crippen LogP contribution in [0.1, 0.15) is 36.2 Å². The predicted molar refractivity (Wildman–Crippen MR) is 119 cm³/mol. The summed E-state index contributed by atoms with van der Waals surface area (Å²) < 4.78 is 14.0. The van der Waals surface area contributed by atoms with Crippen LogP contribution in [0.3, 0.4) is 0 Å². The van der Waals surface area contributed by atoms with E-state index in [9.17, 15) is 4.39 Å². The number of hydrogen-bond acceptors (Lipinski definition) is 3. The number of nitrogens with zero attached hydrogens (tertiary/aromatic N) is 2. The Labute approximate surface area is 176 Å². The van der Waals surface area contributed by atoms with Crippen LogP contribution in [0.5, 0.6) is 0 Å². The number of aryl methyl sites for hydroxylation is 1. The molecule has 0 aliphatic heterocycles. The summed E-state index contributed by atoms with van der Waals surface area (Å²) in [5, 5.41) is 7.72. The fraction of sp³-hybridized carbons (Fsp3) is 0.474. The summed E-state index contributed by atoms with van der Waals surface area (Å²) in [5.74, 6) is 0.546. The molecule has 0 unspecified atom stereocenters. The number of benzene rings is 1. The summed E-state index contributed by atoms with van der Waals surface area (Å²) in [6.07, 6.45) is 3.84. The average Bonchev–Trinajstić information content (AvgIpc) is 3.06. The second kappa shape index (κ2) is 10.8. The van der Waals surface area contributed by atoms with Gasteiger partial charge in [-0.15, -0.1) is 35.3 Å². The highest BCUT2D eigenvalue weighted by Gasteiger charge is 2.24. The number of nitrogens with one attached hydrogen (secondary N) is 2. The number of rotatable bonds is 7. The third-order valence-electron chi connectivity index (χ3n) is 4.11. The lowest BCUT2D eigenvalue weighted by atomic mass is 9.84. The zero-order chi connectivity index (χ0) is 18.3. The lowest BCUT2D eigenvalue weighted by Gasteiger charge is -2.27. The molecular weight excluding hydrogens is 462 g/mol. The fourth-order valence-corrected chi connectivity index (χ4v) is 3.41. The first-order valence-electron chi connectivity index (χ1n) is 8.59. The Morgan fingerprint density at radius 3 is 2.62 bits per heavy atom. The minimum absolute atomic E-state index is 0. The first-order chi connectivity index (χ1) is 12.0. The number of guanidine groups is 1. The summed E-state index contributed by atoms with van der Waals surface area (Å²) in [5.41, 5.74) is 0.363. The van der Waals surface area contributed by atoms with Gasteiger partial charge in [0.1, 0.15) is 5.82 Å². The molecule has 0 fully saturated rings. The van der Waals surface area contributed by atoms with Crippen molar-refractivity contribution in [1.82, 2.24) is 15.6 Å². The smallest absolute Gasteiger partial charge is 0.191 e. The van der Waals surface area contributed by atoms with Crippen molar-refractivity contribution in [3.8, 4) is 0 Å². The maximum atomic E-state index is 14.0. The van der Waals surface area contributed by atoms with Crippen molar-refractivity contribution in [2.45, 2.75) is 39.0 Å². The van der Waals surface area contributed by atoms with Crippen molar-refractivity contribution in [1.29, 1.82) is 0 Å². The van der Waals surface area contributed by atoms with Crippen LogP contribution in [0.2, 0.25) is 0 Å². The van der Waals surface area contributed by atoms with E-state index in [0.717, 1.165) is 30.4 Å². The molecule has 144 valence electrons. The molecule has 7 heteroatoms. The Morgan fingerprint density at radius 2 is 2.00 bits per heavy atom. The van der Waals surface area contributed by atoms with Crippen molar-refractivity contribution in [2.75, 3.05) is 20.1 Å². The lowest BCUT2D eigenvalue weighted by Crippen LogP contribution is -2.44. The highest BCUT2D eigenvalue weighted by Crippen LogP contribution is 2.24. The molecule has 0 atom stereocenters. The van der Waals surface area contributed by atoms with E-state index >= 15 is 0 Å². The number of halogens is 2. The van der Waals surface area contributed by atoms with Crippen molar-refractivity contribution < 1.29 is 4.39 Å². The molecular formula is C19H28FIN4S. The van der Waals surface area contributed by atoms with Gasteiger partial charge in [0, 0.05) is 43.0 Å². The molecule has 2 rings (SSSR count). The van der Waals surface area contributed by atoms with Crippen LogP contribution in [-0.2, 0) is 18.3 Å². The predicted octanol–water partition coefficient (Wildman–Crippen LogP) is 4.15. The summed E-state index contributed by atoms with van der Waals surface area (Å²) in [6.45, 7) is 7.53. The fourth-order valence-electron chi connectivity index (χ4n) is 2.55. The van der Waals surface area contributed by atoms with E-state index in [2.05, 4.69) is 27.5 Å². The second-order valence-electron chi connectivity index (χ2n) is 6.54. The first kappa shape index (κ1) is 22.8. The first-order valence-corrected chi connectivity index (χ1v) is 9.41. The van der Waals surface area contributed by atoms with Gasteiger partial charge < -0.3 is 10.6 Å². The van der Waals surface area contributed by atoms with Crippen molar-refractivity contribution in [2.24, 2.45) is 4.99 Å². The summed E-state index contributed by atoms with van der Waals surface area (Å²) in [4.78, 5) is 9.97. The Morgan fingerprint density at radius 1 is 1.27 bits per heavy atom. The lowest BCUT2D eigenvalue weighted by molar-refractivity contribution is 0.473. The molecule has 1 aromatic carbocycles. The van der Waals surface area contributed by atoms with Gasteiger partial charge in [-0.25, -0.2) is 9.37 Å². The standard InChI is InChI=1S/C19H27FN4S.HI/c1-5-14-12-23-17(25-14)10-11-22-18(21-4)24-13-19(2,3)15-8-6-7-9-16(15)20;/h6-9,12H,5,10-11,13H2,1-4H3,(H2,21,22,24);1H. The molecule has 0 saturated carbocycles. The third-order valence-corrected chi connectivity index (χ3v) is 5.31. The van der Waals surface area contributed by atoms with E-state index in [0.29, 0.717) is 12.1 Å². The van der Waals surface area contributed by atoms with E-state index in [1.165, 1.54) is 10.9 Å². The van der Waals surface area contributed by atoms with E-state index in [1.807, 2.05) is 32.2 Å². The third kappa shape index (κ3) is 6.50. The maximum Gasteiger partial charge on any atom is 0.191 e. The molecule has 0 saturated heterocycles. The zero-order valence-electron chi connectivity index (χ0n) is 15.8. The van der Waals surface area contributed by atoms with Gasteiger partial charge in [-0.2, -0.15) is 0 Å². The van der Waals surface area contributed by atoms with Gasteiger partial charge in [0.15, 0.2) is 5.96 Å². The number of thiazole rings is 1. The SMILES string of the molecule is CCc1cnc(CCNC(=NC)NCC(C)(C)c2ccccc2F)s1.I. The highest BCUT2D eigenvalue weighted by atomic mass is 127. The van der Waals surface area contributed by atoms with E-state index in [4.69, 9.17) is 0 Å². The van der Waals surface area contributed by atoms with Gasteiger partial charge in [0.05, 0.1) is 5.01 Å². The summed E-state index contributed by atoms with van der Waals surface area (Å²) in [6, 6.07) is 6.92. The Balaban J connectivity index is 0.00000338. The van der Waals surface area contributed by atoms with Gasteiger partial charge in [-0.3, -0.25) is 4.99 Å². The van der Waals surface area contributed by atoms with Gasteiger partial charge >= 0.3 is 0 Å². The maximum absolute atomic E-state index is 14.0.